The second-order valence-corrected chi connectivity index (χ2v) is 11.7. The Morgan fingerprint density at radius 3 is 2.30 bits per heavy atom. The summed E-state index contributed by atoms with van der Waals surface area (Å²) in [7, 11) is 1.55. The summed E-state index contributed by atoms with van der Waals surface area (Å²) in [5.41, 5.74) is 3.76. The summed E-state index contributed by atoms with van der Waals surface area (Å²) in [5, 5.41) is 2.73. The lowest BCUT2D eigenvalue weighted by molar-refractivity contribution is -0.139. The van der Waals surface area contributed by atoms with Gasteiger partial charge in [0, 0.05) is 18.8 Å². The largest absolute Gasteiger partial charge is 0.469 e. The summed E-state index contributed by atoms with van der Waals surface area (Å²) in [6, 6.07) is 17.9. The third-order valence-corrected chi connectivity index (χ3v) is 7.68. The van der Waals surface area contributed by atoms with Crippen LogP contribution in [0.1, 0.15) is 22.6 Å². The minimum atomic E-state index is -3.51. The van der Waals surface area contributed by atoms with E-state index in [1.165, 1.54) is 23.5 Å². The van der Waals surface area contributed by atoms with E-state index in [2.05, 4.69) is 5.32 Å². The molecule has 0 aromatic heterocycles. The van der Waals surface area contributed by atoms with Crippen molar-refractivity contribution < 1.29 is 27.1 Å². The van der Waals surface area contributed by atoms with Crippen LogP contribution in [0.3, 0.4) is 0 Å². The number of amides is 1. The molecule has 1 aliphatic rings. The summed E-state index contributed by atoms with van der Waals surface area (Å²) in [6.45, 7) is 0.826. The zero-order valence-electron chi connectivity index (χ0n) is 22.7. The number of benzene rings is 3. The van der Waals surface area contributed by atoms with Gasteiger partial charge in [-0.3, -0.25) is 18.9 Å². The summed E-state index contributed by atoms with van der Waals surface area (Å²) in [6.07, 6.45) is 1.26. The molecule has 0 fully saturated rings. The Morgan fingerprint density at radius 1 is 1.02 bits per heavy atom. The normalized spacial score (nSPS) is 15.1. The predicted molar refractivity (Wildman–Crippen MR) is 153 cm³/mol. The van der Waals surface area contributed by atoms with Crippen molar-refractivity contribution in [2.24, 2.45) is 4.99 Å². The van der Waals surface area contributed by atoms with Gasteiger partial charge in [-0.1, -0.05) is 30.3 Å². The lowest BCUT2D eigenvalue weighted by Crippen LogP contribution is -2.35. The number of methoxy groups -OCH3 is 1. The Bertz CT molecular complexity index is 1540. The molecule has 11 heteroatoms. The fraction of sp³-hybridized carbons (Fsp3) is 0.276. The van der Waals surface area contributed by atoms with E-state index < -0.39 is 21.8 Å². The molecule has 1 N–H and O–H groups in total. The maximum absolute atomic E-state index is 13.9. The maximum atomic E-state index is 13.9. The van der Waals surface area contributed by atoms with Gasteiger partial charge >= 0.3 is 5.97 Å². The van der Waals surface area contributed by atoms with Gasteiger partial charge in [-0.15, -0.1) is 0 Å². The predicted octanol–water partition coefficient (Wildman–Crippen LogP) is 3.73. The zero-order valence-corrected chi connectivity index (χ0v) is 23.5. The first kappa shape index (κ1) is 28.9. The third-order valence-electron chi connectivity index (χ3n) is 6.48. The van der Waals surface area contributed by atoms with Gasteiger partial charge < -0.3 is 15.0 Å². The van der Waals surface area contributed by atoms with E-state index in [0.717, 1.165) is 11.8 Å². The van der Waals surface area contributed by atoms with Crippen LogP contribution in [0.2, 0.25) is 0 Å². The van der Waals surface area contributed by atoms with Gasteiger partial charge in [0.05, 0.1) is 36.9 Å². The monoisotopic (exact) mass is 566 g/mol. The molecular formula is C29H31FN4O5S. The SMILES string of the molecule is COC(=O)Cc1ccc(C(=Nc2ccc(N(CCN(C)C)S(C)(=O)=O)cc2)C2C(=O)Nc3cc(F)ccc32)cc1. The van der Waals surface area contributed by atoms with Gasteiger partial charge in [0.25, 0.3) is 0 Å². The number of halogens is 1. The molecular weight excluding hydrogens is 535 g/mol. The molecule has 40 heavy (non-hydrogen) atoms. The second kappa shape index (κ2) is 12.0. The number of hydrogen-bond donors (Lipinski definition) is 1. The summed E-state index contributed by atoms with van der Waals surface area (Å²) in [5.74, 6) is -2.00. The fourth-order valence-corrected chi connectivity index (χ4v) is 5.36. The van der Waals surface area contributed by atoms with Crippen molar-refractivity contribution in [2.75, 3.05) is 50.2 Å². The average Bonchev–Trinajstić information content (AvgIpc) is 3.22. The molecule has 210 valence electrons. The summed E-state index contributed by atoms with van der Waals surface area (Å²) >= 11 is 0. The molecule has 1 aliphatic heterocycles. The van der Waals surface area contributed by atoms with Crippen molar-refractivity contribution in [3.05, 3.63) is 89.2 Å². The van der Waals surface area contributed by atoms with Crippen molar-refractivity contribution in [1.82, 2.24) is 4.90 Å². The number of esters is 1. The van der Waals surface area contributed by atoms with Gasteiger partial charge in [0.15, 0.2) is 0 Å². The number of likely N-dealkylation sites (N-methyl/N-ethyl adjacent to an activating group) is 1. The van der Waals surface area contributed by atoms with E-state index >= 15 is 0 Å². The van der Waals surface area contributed by atoms with Gasteiger partial charge in [0.1, 0.15) is 11.7 Å². The van der Waals surface area contributed by atoms with Crippen molar-refractivity contribution in [3.8, 4) is 0 Å². The van der Waals surface area contributed by atoms with E-state index in [-0.39, 0.29) is 24.8 Å². The van der Waals surface area contributed by atoms with Crippen molar-refractivity contribution in [2.45, 2.75) is 12.3 Å². The Kier molecular flexibility index (Phi) is 8.65. The van der Waals surface area contributed by atoms with Crippen LogP contribution in [0, 0.1) is 5.82 Å². The number of anilines is 2. The van der Waals surface area contributed by atoms with E-state index in [1.54, 1.807) is 54.6 Å². The first-order valence-corrected chi connectivity index (χ1v) is 14.4. The van der Waals surface area contributed by atoms with E-state index in [9.17, 15) is 22.4 Å². The molecule has 1 heterocycles. The number of sulfonamides is 1. The highest BCUT2D eigenvalue weighted by molar-refractivity contribution is 7.92. The average molecular weight is 567 g/mol. The molecule has 0 aliphatic carbocycles. The molecule has 1 unspecified atom stereocenters. The number of nitrogens with zero attached hydrogens (tertiary/aromatic N) is 3. The van der Waals surface area contributed by atoms with Gasteiger partial charge in [-0.05, 0) is 67.2 Å². The third kappa shape index (κ3) is 6.72. The van der Waals surface area contributed by atoms with Crippen molar-refractivity contribution in [3.63, 3.8) is 0 Å². The molecule has 0 saturated carbocycles. The van der Waals surface area contributed by atoms with Crippen LogP contribution in [0.25, 0.3) is 0 Å². The first-order valence-electron chi connectivity index (χ1n) is 12.5. The van der Waals surface area contributed by atoms with Crippen LogP contribution in [0.4, 0.5) is 21.5 Å². The minimum absolute atomic E-state index is 0.0986. The molecule has 0 radical (unpaired) electrons. The Morgan fingerprint density at radius 2 is 1.70 bits per heavy atom. The molecule has 3 aromatic rings. The van der Waals surface area contributed by atoms with Crippen LogP contribution in [0.15, 0.2) is 71.7 Å². The molecule has 1 amide bonds. The topological polar surface area (TPSA) is 108 Å². The fourth-order valence-electron chi connectivity index (χ4n) is 4.44. The summed E-state index contributed by atoms with van der Waals surface area (Å²) in [4.78, 5) is 31.5. The van der Waals surface area contributed by atoms with E-state index in [0.29, 0.717) is 40.4 Å². The van der Waals surface area contributed by atoms with E-state index in [1.807, 2.05) is 19.0 Å². The molecule has 4 rings (SSSR count). The smallest absolute Gasteiger partial charge is 0.309 e. The number of hydrogen-bond acceptors (Lipinski definition) is 7. The minimum Gasteiger partial charge on any atom is -0.469 e. The van der Waals surface area contributed by atoms with Crippen LogP contribution in [-0.4, -0.2) is 71.5 Å². The first-order chi connectivity index (χ1) is 19.0. The number of ether oxygens (including phenoxy) is 1. The molecule has 0 spiro atoms. The molecule has 0 bridgehead atoms. The Balaban J connectivity index is 1.75. The van der Waals surface area contributed by atoms with Gasteiger partial charge in [-0.25, -0.2) is 12.8 Å². The second-order valence-electron chi connectivity index (χ2n) is 9.76. The number of carbonyl (C=O) groups excluding carboxylic acids is 2. The zero-order chi connectivity index (χ0) is 29.0. The number of nitrogens with one attached hydrogen (secondary N) is 1. The van der Waals surface area contributed by atoms with Crippen LogP contribution in [0.5, 0.6) is 0 Å². The van der Waals surface area contributed by atoms with E-state index in [4.69, 9.17) is 9.73 Å². The number of fused-ring (bicyclic) bond motifs is 1. The van der Waals surface area contributed by atoms with Crippen LogP contribution < -0.4 is 9.62 Å². The number of aliphatic imine (C=N–C) groups is 1. The van der Waals surface area contributed by atoms with Gasteiger partial charge in [-0.2, -0.15) is 0 Å². The van der Waals surface area contributed by atoms with Crippen molar-refractivity contribution in [1.29, 1.82) is 0 Å². The lowest BCUT2D eigenvalue weighted by atomic mass is 9.90. The van der Waals surface area contributed by atoms with Crippen LogP contribution in [-0.2, 0) is 30.8 Å². The highest BCUT2D eigenvalue weighted by atomic mass is 32.2. The van der Waals surface area contributed by atoms with Gasteiger partial charge in [0.2, 0.25) is 15.9 Å². The molecule has 1 atom stereocenters. The molecule has 9 nitrogen and oxygen atoms in total. The Hall–Kier alpha value is -4.09. The van der Waals surface area contributed by atoms with Crippen LogP contribution >= 0.6 is 0 Å². The number of rotatable bonds is 10. The molecule has 0 saturated heterocycles. The highest BCUT2D eigenvalue weighted by Gasteiger charge is 2.35. The van der Waals surface area contributed by atoms with Crippen molar-refractivity contribution >= 4 is 44.7 Å². The lowest BCUT2D eigenvalue weighted by Gasteiger charge is -2.24. The molecule has 3 aromatic carbocycles. The Labute approximate surface area is 233 Å². The number of carbonyl (C=O) groups is 2. The maximum Gasteiger partial charge on any atom is 0.309 e. The quantitative estimate of drug-likeness (QED) is 0.296. The summed E-state index contributed by atoms with van der Waals surface area (Å²) < 4.78 is 44.8. The highest BCUT2D eigenvalue weighted by Crippen LogP contribution is 2.37. The standard InChI is InChI=1S/C29H31FN4O5S/c1-33(2)15-16-34(40(4,37)38)23-12-10-22(11-13-23)31-28(20-7-5-19(6-8-20)17-26(35)39-3)27-24-14-9-21(30)18-25(24)32-29(27)36/h5-14,18,27H,15-17H2,1-4H3,(H,32,36).